The zero-order valence-corrected chi connectivity index (χ0v) is 15.5. The first-order valence-corrected chi connectivity index (χ1v) is 9.41. The van der Waals surface area contributed by atoms with Crippen molar-refractivity contribution in [3.05, 3.63) is 23.8 Å². The Morgan fingerprint density at radius 3 is 2.72 bits per heavy atom. The summed E-state index contributed by atoms with van der Waals surface area (Å²) in [4.78, 5) is 10.5. The van der Waals surface area contributed by atoms with Crippen molar-refractivity contribution in [2.45, 2.75) is 31.3 Å². The van der Waals surface area contributed by atoms with E-state index in [1.54, 1.807) is 20.0 Å². The van der Waals surface area contributed by atoms with E-state index >= 15 is 0 Å². The smallest absolute Gasteiger partial charge is 0.246 e. The number of rotatable bonds is 5. The normalized spacial score (nSPS) is 18.5. The molecule has 0 amide bonds. The van der Waals surface area contributed by atoms with Crippen molar-refractivity contribution >= 4 is 15.8 Å². The second-order valence-electron chi connectivity index (χ2n) is 6.26. The minimum absolute atomic E-state index is 0.252. The Balaban J connectivity index is 1.73. The number of nitrogens with one attached hydrogen (secondary N) is 1. The molecule has 10 heteroatoms. The van der Waals surface area contributed by atoms with Crippen LogP contribution >= 0.6 is 0 Å². The van der Waals surface area contributed by atoms with Crippen molar-refractivity contribution in [3.63, 3.8) is 0 Å². The molecule has 2 aromatic rings. The number of ether oxygens (including phenoxy) is 1. The maximum absolute atomic E-state index is 12.9. The molecule has 2 aromatic heterocycles. The summed E-state index contributed by atoms with van der Waals surface area (Å²) in [5.41, 5.74) is 1.03. The van der Waals surface area contributed by atoms with Crippen LogP contribution in [0, 0.1) is 13.8 Å². The van der Waals surface area contributed by atoms with E-state index in [0.717, 1.165) is 0 Å². The highest BCUT2D eigenvalue weighted by atomic mass is 32.2. The number of hydrogen-bond donors (Lipinski definition) is 1. The number of anilines is 1. The molecule has 0 aliphatic carbocycles. The van der Waals surface area contributed by atoms with E-state index in [4.69, 9.17) is 4.74 Å². The molecule has 0 aromatic carbocycles. The standard InChI is InChI=1S/C15H22N6O3S/c1-10-15(11(2)19-18-10)25(22,23)21-6-5-12(9-21)24-14-8-16-7-13(17-14)20(3)4/h7-8,12H,5-6,9H2,1-4H3,(H,18,19). The van der Waals surface area contributed by atoms with E-state index in [-0.39, 0.29) is 17.5 Å². The first-order chi connectivity index (χ1) is 11.8. The van der Waals surface area contributed by atoms with E-state index in [2.05, 4.69) is 20.2 Å². The molecular formula is C15H22N6O3S. The Morgan fingerprint density at radius 1 is 1.32 bits per heavy atom. The van der Waals surface area contributed by atoms with Crippen LogP contribution in [0.2, 0.25) is 0 Å². The maximum Gasteiger partial charge on any atom is 0.246 e. The van der Waals surface area contributed by atoms with Gasteiger partial charge >= 0.3 is 0 Å². The summed E-state index contributed by atoms with van der Waals surface area (Å²) in [7, 11) is 0.148. The molecule has 0 bridgehead atoms. The van der Waals surface area contributed by atoms with Crippen LogP contribution in [0.3, 0.4) is 0 Å². The van der Waals surface area contributed by atoms with Gasteiger partial charge in [-0.05, 0) is 20.3 Å². The van der Waals surface area contributed by atoms with Crippen molar-refractivity contribution in [1.82, 2.24) is 24.5 Å². The van der Waals surface area contributed by atoms with Crippen molar-refractivity contribution < 1.29 is 13.2 Å². The molecule has 0 radical (unpaired) electrons. The molecule has 1 fully saturated rings. The van der Waals surface area contributed by atoms with E-state index in [1.165, 1.54) is 10.5 Å². The summed E-state index contributed by atoms with van der Waals surface area (Å²) in [5.74, 6) is 1.08. The van der Waals surface area contributed by atoms with Crippen LogP contribution < -0.4 is 9.64 Å². The van der Waals surface area contributed by atoms with Gasteiger partial charge in [0.05, 0.1) is 30.3 Å². The highest BCUT2D eigenvalue weighted by Crippen LogP contribution is 2.26. The predicted molar refractivity (Wildman–Crippen MR) is 92.2 cm³/mol. The van der Waals surface area contributed by atoms with Gasteiger partial charge in [-0.25, -0.2) is 8.42 Å². The summed E-state index contributed by atoms with van der Waals surface area (Å²) >= 11 is 0. The molecule has 0 spiro atoms. The van der Waals surface area contributed by atoms with E-state index < -0.39 is 10.0 Å². The van der Waals surface area contributed by atoms with Crippen molar-refractivity contribution in [2.75, 3.05) is 32.1 Å². The molecule has 3 rings (SSSR count). The fourth-order valence-electron chi connectivity index (χ4n) is 2.84. The maximum atomic E-state index is 12.9. The quantitative estimate of drug-likeness (QED) is 0.831. The summed E-state index contributed by atoms with van der Waals surface area (Å²) in [6, 6.07) is 0. The van der Waals surface area contributed by atoms with Gasteiger partial charge in [0.25, 0.3) is 0 Å². The molecule has 0 saturated carbocycles. The fourth-order valence-corrected chi connectivity index (χ4v) is 4.66. The third kappa shape index (κ3) is 3.45. The summed E-state index contributed by atoms with van der Waals surface area (Å²) < 4.78 is 33.0. The Hall–Kier alpha value is -2.20. The lowest BCUT2D eigenvalue weighted by Crippen LogP contribution is -2.31. The summed E-state index contributed by atoms with van der Waals surface area (Å²) in [6.07, 6.45) is 3.52. The largest absolute Gasteiger partial charge is 0.472 e. The second-order valence-corrected chi connectivity index (χ2v) is 8.14. The minimum Gasteiger partial charge on any atom is -0.472 e. The van der Waals surface area contributed by atoms with Crippen LogP contribution in [0.15, 0.2) is 17.3 Å². The highest BCUT2D eigenvalue weighted by Gasteiger charge is 2.36. The lowest BCUT2D eigenvalue weighted by atomic mass is 10.3. The molecule has 9 nitrogen and oxygen atoms in total. The van der Waals surface area contributed by atoms with Crippen molar-refractivity contribution in [2.24, 2.45) is 0 Å². The summed E-state index contributed by atoms with van der Waals surface area (Å²) in [5, 5.41) is 6.71. The van der Waals surface area contributed by atoms with Gasteiger partial charge in [-0.15, -0.1) is 0 Å². The van der Waals surface area contributed by atoms with Gasteiger partial charge < -0.3 is 9.64 Å². The fraction of sp³-hybridized carbons (Fsp3) is 0.533. The Kier molecular flexibility index (Phi) is 4.65. The van der Waals surface area contributed by atoms with Crippen LogP contribution in [-0.2, 0) is 10.0 Å². The van der Waals surface area contributed by atoms with Crippen LogP contribution in [0.25, 0.3) is 0 Å². The van der Waals surface area contributed by atoms with Gasteiger partial charge in [-0.3, -0.25) is 10.1 Å². The Labute approximate surface area is 147 Å². The average molecular weight is 366 g/mol. The lowest BCUT2D eigenvalue weighted by molar-refractivity contribution is 0.206. The van der Waals surface area contributed by atoms with Gasteiger partial charge in [-0.2, -0.15) is 14.4 Å². The average Bonchev–Trinajstić information content (AvgIpc) is 3.15. The zero-order valence-electron chi connectivity index (χ0n) is 14.7. The molecule has 1 aliphatic rings. The monoisotopic (exact) mass is 366 g/mol. The van der Waals surface area contributed by atoms with E-state index in [9.17, 15) is 8.42 Å². The van der Waals surface area contributed by atoms with Gasteiger partial charge in [0.2, 0.25) is 15.9 Å². The SMILES string of the molecule is Cc1n[nH]c(C)c1S(=O)(=O)N1CCC(Oc2cncc(N(C)C)n2)C1. The molecule has 3 heterocycles. The lowest BCUT2D eigenvalue weighted by Gasteiger charge is -2.17. The number of aromatic nitrogens is 4. The van der Waals surface area contributed by atoms with E-state index in [0.29, 0.717) is 36.1 Å². The van der Waals surface area contributed by atoms with Crippen molar-refractivity contribution in [3.8, 4) is 5.88 Å². The predicted octanol–water partition coefficient (Wildman–Crippen LogP) is 0.725. The van der Waals surface area contributed by atoms with Gasteiger partial charge in [0, 0.05) is 20.6 Å². The molecule has 136 valence electrons. The van der Waals surface area contributed by atoms with Gasteiger partial charge in [-0.1, -0.05) is 0 Å². The van der Waals surface area contributed by atoms with Crippen LogP contribution in [0.5, 0.6) is 5.88 Å². The molecular weight excluding hydrogens is 344 g/mol. The molecule has 25 heavy (non-hydrogen) atoms. The molecule has 1 unspecified atom stereocenters. The van der Waals surface area contributed by atoms with Crippen LogP contribution in [0.1, 0.15) is 17.8 Å². The molecule has 1 atom stereocenters. The van der Waals surface area contributed by atoms with Crippen LogP contribution in [0.4, 0.5) is 5.82 Å². The Bertz CT molecular complexity index is 844. The number of sulfonamides is 1. The second kappa shape index (κ2) is 6.60. The third-order valence-electron chi connectivity index (χ3n) is 4.11. The highest BCUT2D eigenvalue weighted by molar-refractivity contribution is 7.89. The number of H-pyrrole nitrogens is 1. The first-order valence-electron chi connectivity index (χ1n) is 7.97. The van der Waals surface area contributed by atoms with Crippen LogP contribution in [-0.4, -0.2) is 66.2 Å². The topological polar surface area (TPSA) is 104 Å². The zero-order chi connectivity index (χ0) is 18.2. The summed E-state index contributed by atoms with van der Waals surface area (Å²) in [6.45, 7) is 4.07. The Morgan fingerprint density at radius 2 is 2.08 bits per heavy atom. The van der Waals surface area contributed by atoms with Crippen molar-refractivity contribution in [1.29, 1.82) is 0 Å². The van der Waals surface area contributed by atoms with Gasteiger partial charge in [0.1, 0.15) is 11.0 Å². The third-order valence-corrected chi connectivity index (χ3v) is 6.24. The molecule has 1 aliphatic heterocycles. The first kappa shape index (κ1) is 17.6. The van der Waals surface area contributed by atoms with Gasteiger partial charge in [0.15, 0.2) is 5.82 Å². The molecule has 1 N–H and O–H groups in total. The molecule has 1 saturated heterocycles. The number of hydrogen-bond acceptors (Lipinski definition) is 7. The number of aryl methyl sites for hydroxylation is 2. The number of nitrogens with zero attached hydrogens (tertiary/aromatic N) is 5. The minimum atomic E-state index is -3.59. The number of aromatic amines is 1. The van der Waals surface area contributed by atoms with E-state index in [1.807, 2.05) is 19.0 Å².